The number of aliphatic hydroxyl groups excluding tert-OH is 1. The Morgan fingerprint density at radius 3 is 1.68 bits per heavy atom. The first-order valence-electron chi connectivity index (χ1n) is 19.2. The molecule has 0 spiro atoms. The molecule has 0 unspecified atom stereocenters. The van der Waals surface area contributed by atoms with E-state index in [9.17, 15) is 19.1 Å². The number of nitrogens with zero attached hydrogens (tertiary/aromatic N) is 3. The lowest BCUT2D eigenvalue weighted by Crippen LogP contribution is -2.24. The number of carbonyl (C=O) groups is 2. The highest BCUT2D eigenvalue weighted by molar-refractivity contribution is 9.11. The van der Waals surface area contributed by atoms with Crippen LogP contribution in [0.25, 0.3) is 0 Å². The molecule has 354 valence electrons. The second-order valence-electron chi connectivity index (χ2n) is 13.2. The molecule has 0 heterocycles. The van der Waals surface area contributed by atoms with Crippen LogP contribution in [-0.2, 0) is 25.4 Å². The molecule has 0 aromatic heterocycles. The Labute approximate surface area is 454 Å². The smallest absolute Gasteiger partial charge is 0.251 e. The number of aliphatic hydroxyl groups is 1. The molecule has 6 rings (SSSR count). The lowest BCUT2D eigenvalue weighted by atomic mass is 10.1. The van der Waals surface area contributed by atoms with E-state index in [0.717, 1.165) is 35.8 Å². The molecule has 0 bridgehead atoms. The number of nitrogens with one attached hydrogen (secondary N) is 3. The summed E-state index contributed by atoms with van der Waals surface area (Å²) in [5.41, 5.74) is 17.9. The molecule has 0 saturated carbocycles. The molecule has 0 radical (unpaired) electrons. The van der Waals surface area contributed by atoms with E-state index in [0.29, 0.717) is 52.3 Å². The molecule has 0 aliphatic carbocycles. The van der Waals surface area contributed by atoms with Crippen molar-refractivity contribution < 1.29 is 19.1 Å². The lowest BCUT2D eigenvalue weighted by Gasteiger charge is -2.11. The predicted molar refractivity (Wildman–Crippen MR) is 294 cm³/mol. The van der Waals surface area contributed by atoms with Gasteiger partial charge in [-0.1, -0.05) is 101 Å². The highest BCUT2D eigenvalue weighted by atomic mass is 79.9. The van der Waals surface area contributed by atoms with Crippen molar-refractivity contribution in [1.82, 2.24) is 10.6 Å². The summed E-state index contributed by atoms with van der Waals surface area (Å²) < 4.78 is 15.9. The third-order valence-electron chi connectivity index (χ3n) is 8.48. The minimum absolute atomic E-state index is 0. The van der Waals surface area contributed by atoms with Crippen LogP contribution in [0.5, 0.6) is 0 Å². The number of benzene rings is 6. The number of thiocarbonyl (C=S) groups is 1. The maximum atomic E-state index is 13.3. The van der Waals surface area contributed by atoms with Crippen LogP contribution in [0.3, 0.4) is 0 Å². The van der Waals surface area contributed by atoms with E-state index >= 15 is 0 Å². The quantitative estimate of drug-likeness (QED) is 0.0314. The fourth-order valence-corrected chi connectivity index (χ4v) is 7.56. The van der Waals surface area contributed by atoms with Crippen LogP contribution in [-0.4, -0.2) is 32.5 Å². The van der Waals surface area contributed by atoms with Crippen molar-refractivity contribution in [3.63, 3.8) is 0 Å². The summed E-state index contributed by atoms with van der Waals surface area (Å²) in [5, 5.41) is 36.1. The minimum Gasteiger partial charge on any atom is -0.392 e. The zero-order valence-electron chi connectivity index (χ0n) is 35.3. The van der Waals surface area contributed by atoms with Crippen molar-refractivity contribution in [3.05, 3.63) is 196 Å². The zero-order valence-corrected chi connectivity index (χ0v) is 45.7. The monoisotopic (exact) mass is 1270 g/mol. The molecule has 0 saturated heterocycles. The first-order valence-corrected chi connectivity index (χ1v) is 24.4. The zero-order chi connectivity index (χ0) is 49.3. The third kappa shape index (κ3) is 21.8. The molecule has 0 fully saturated rings. The van der Waals surface area contributed by atoms with Crippen molar-refractivity contribution in [2.45, 2.75) is 25.4 Å². The molecule has 2 amide bonds. The molecular weight excluding hydrogens is 1230 g/mol. The van der Waals surface area contributed by atoms with Crippen LogP contribution in [0.4, 0.5) is 15.8 Å². The number of aliphatic imine (C=N–C) groups is 1. The van der Waals surface area contributed by atoms with Gasteiger partial charge in [0.1, 0.15) is 5.82 Å². The molecule has 11 nitrogen and oxygen atoms in total. The van der Waals surface area contributed by atoms with Gasteiger partial charge in [0.05, 0.1) is 45.9 Å². The molecule has 6 aromatic carbocycles. The Morgan fingerprint density at radius 1 is 0.735 bits per heavy atom. The lowest BCUT2D eigenvalue weighted by molar-refractivity contribution is 0.0941. The van der Waals surface area contributed by atoms with Gasteiger partial charge in [0, 0.05) is 49.1 Å². The number of alkyl halides is 2. The third-order valence-corrected chi connectivity index (χ3v) is 11.2. The summed E-state index contributed by atoms with van der Waals surface area (Å²) in [5.74, 6) is -0.583. The summed E-state index contributed by atoms with van der Waals surface area (Å²) in [6, 6.07) is 40.4. The predicted octanol–water partition coefficient (Wildman–Crippen LogP) is 12.8. The Morgan fingerprint density at radius 2 is 1.22 bits per heavy atom. The number of rotatable bonds is 11. The van der Waals surface area contributed by atoms with Crippen LogP contribution in [0.1, 0.15) is 54.1 Å². The Bertz CT molecular complexity index is 2750. The van der Waals surface area contributed by atoms with Crippen LogP contribution >= 0.6 is 124 Å². The van der Waals surface area contributed by atoms with E-state index in [1.54, 1.807) is 78.9 Å². The van der Waals surface area contributed by atoms with Gasteiger partial charge in [-0.05, 0) is 132 Å². The molecule has 0 aliphatic heterocycles. The second kappa shape index (κ2) is 32.3. The number of amidine groups is 1. The van der Waals surface area contributed by atoms with Gasteiger partial charge in [0.15, 0.2) is 10.3 Å². The molecule has 0 aliphatic rings. The van der Waals surface area contributed by atoms with Crippen LogP contribution in [0.2, 0.25) is 5.02 Å². The summed E-state index contributed by atoms with van der Waals surface area (Å²) in [4.78, 5) is 29.2. The topological polar surface area (TPSA) is 202 Å². The number of hydrogen-bond donors (Lipinski definition) is 6. The highest BCUT2D eigenvalue weighted by Gasteiger charge is 2.14. The molecule has 8 N–H and O–H groups in total. The number of hydrogen-bond acceptors (Lipinski definition) is 8. The highest BCUT2D eigenvalue weighted by Crippen LogP contribution is 2.26. The van der Waals surface area contributed by atoms with E-state index in [-0.39, 0.29) is 56.0 Å². The van der Waals surface area contributed by atoms with Gasteiger partial charge in [-0.3, -0.25) is 9.59 Å². The number of nitriles is 2. The summed E-state index contributed by atoms with van der Waals surface area (Å²) >= 11 is 31.3. The Balaban J connectivity index is 0.000000376. The first-order chi connectivity index (χ1) is 32.1. The summed E-state index contributed by atoms with van der Waals surface area (Å²) in [7, 11) is 0. The van der Waals surface area contributed by atoms with Crippen molar-refractivity contribution in [3.8, 4) is 12.1 Å². The van der Waals surface area contributed by atoms with Gasteiger partial charge in [-0.15, -0.1) is 40.2 Å². The summed E-state index contributed by atoms with van der Waals surface area (Å²) in [6.07, 6.45) is 0. The number of thioether (sulfide) groups is 1. The molecular formula is C47H40Br4Cl3FN8O3S2. The summed E-state index contributed by atoms with van der Waals surface area (Å²) in [6.45, 7) is 0.507. The number of nitrogens with two attached hydrogens (primary N) is 2. The van der Waals surface area contributed by atoms with E-state index in [1.807, 2.05) is 36.4 Å². The van der Waals surface area contributed by atoms with E-state index in [4.69, 9.17) is 56.8 Å². The van der Waals surface area contributed by atoms with E-state index < -0.39 is 5.82 Å². The Hall–Kier alpha value is -4.57. The van der Waals surface area contributed by atoms with Crippen LogP contribution in [0, 0.1) is 28.5 Å². The largest absolute Gasteiger partial charge is 0.392 e. The average Bonchev–Trinajstić information content (AvgIpc) is 3.31. The van der Waals surface area contributed by atoms with Gasteiger partial charge in [0.2, 0.25) is 0 Å². The van der Waals surface area contributed by atoms with Gasteiger partial charge >= 0.3 is 0 Å². The van der Waals surface area contributed by atoms with Gasteiger partial charge in [0.25, 0.3) is 11.8 Å². The standard InChI is InChI=1S/C23H17BrClFN4OS.C16H13BrN2O2.C7H7BrN2S.CH2Cl2.BrH/c24-17-5-7-19(22(31)29-12-15-3-1-14(11-27)2-4-15)16(9-17)13-32-23(28)30-18-6-8-21(26)20(25)10-18;17-14-5-6-15(13(7-14)10-20)16(21)19-9-12-3-1-11(8-18)2-4-12;8-5-2-1-3-6(4-5)10-7(9)11;2-1-3;/h1-10H,12-13H2,(H2,28,30)(H,29,31);1-7,20H,9-10H2,(H,19,21);1-4H,(H3,9,10,11);1H2;1H. The molecule has 68 heavy (non-hydrogen) atoms. The fraction of sp³-hybridized carbons (Fsp3) is 0.106. The van der Waals surface area contributed by atoms with Crippen molar-refractivity contribution in [1.29, 1.82) is 10.5 Å². The number of halogens is 8. The van der Waals surface area contributed by atoms with E-state index in [1.165, 1.54) is 30.0 Å². The van der Waals surface area contributed by atoms with Gasteiger partial charge in [-0.2, -0.15) is 10.5 Å². The van der Waals surface area contributed by atoms with Crippen molar-refractivity contribution in [2.24, 2.45) is 16.5 Å². The fourth-order valence-electron chi connectivity index (χ4n) is 5.34. The average molecular weight is 1270 g/mol. The van der Waals surface area contributed by atoms with Crippen molar-refractivity contribution >= 4 is 157 Å². The minimum atomic E-state index is -0.525. The molecule has 21 heteroatoms. The van der Waals surface area contributed by atoms with E-state index in [2.05, 4.69) is 87.0 Å². The van der Waals surface area contributed by atoms with Gasteiger partial charge < -0.3 is 32.5 Å². The first kappa shape index (κ1) is 59.6. The van der Waals surface area contributed by atoms with Crippen molar-refractivity contribution in [2.75, 3.05) is 10.7 Å². The number of anilines is 1. The normalized spacial score (nSPS) is 10.1. The van der Waals surface area contributed by atoms with Crippen LogP contribution in [0.15, 0.2) is 146 Å². The van der Waals surface area contributed by atoms with Crippen LogP contribution < -0.4 is 27.4 Å². The molecule has 0 atom stereocenters. The maximum absolute atomic E-state index is 13.3. The maximum Gasteiger partial charge on any atom is 0.251 e. The van der Waals surface area contributed by atoms with Gasteiger partial charge in [-0.25, -0.2) is 9.38 Å². The Kier molecular flexibility index (Phi) is 28.3. The number of amides is 2. The number of carbonyl (C=O) groups excluding carboxylic acids is 2. The SMILES string of the molecule is Br.ClCCl.N#Cc1ccc(CNC(=O)c2ccc(Br)cc2CO)cc1.N#Cc1ccc(CNC(=O)c2ccc(Br)cc2CSC(N)=Nc2ccc(F)c(Cl)c2)cc1.NC(=S)Nc1cccc(Br)c1. The molecule has 6 aromatic rings. The second-order valence-corrected chi connectivity index (χ2v) is 18.6.